The lowest BCUT2D eigenvalue weighted by atomic mass is 10.2. The summed E-state index contributed by atoms with van der Waals surface area (Å²) in [5.74, 6) is -1.27. The van der Waals surface area contributed by atoms with E-state index >= 15 is 0 Å². The number of amides is 1. The van der Waals surface area contributed by atoms with Crippen molar-refractivity contribution in [2.75, 3.05) is 5.75 Å². The van der Waals surface area contributed by atoms with Crippen LogP contribution in [0.2, 0.25) is 0 Å². The van der Waals surface area contributed by atoms with Gasteiger partial charge in [-0.2, -0.15) is 0 Å². The van der Waals surface area contributed by atoms with E-state index in [2.05, 4.69) is 0 Å². The van der Waals surface area contributed by atoms with Crippen molar-refractivity contribution in [2.45, 2.75) is 18.3 Å². The molecule has 2 rings (SSSR count). The van der Waals surface area contributed by atoms with Gasteiger partial charge >= 0.3 is 5.97 Å². The maximum Gasteiger partial charge on any atom is 0.327 e. The molecule has 1 aliphatic rings. The van der Waals surface area contributed by atoms with Gasteiger partial charge in [-0.15, -0.1) is 11.8 Å². The largest absolute Gasteiger partial charge is 0.480 e. The lowest BCUT2D eigenvalue weighted by molar-refractivity contribution is -0.384. The fourth-order valence-corrected chi connectivity index (χ4v) is 3.30. The Balaban J connectivity index is 2.35. The molecular weight excluding hydrogens is 286 g/mol. The van der Waals surface area contributed by atoms with Gasteiger partial charge < -0.3 is 14.6 Å². The second-order valence-corrected chi connectivity index (χ2v) is 5.80. The van der Waals surface area contributed by atoms with E-state index in [9.17, 15) is 19.7 Å². The van der Waals surface area contributed by atoms with Crippen molar-refractivity contribution in [3.8, 4) is 0 Å². The van der Waals surface area contributed by atoms with Crippen molar-refractivity contribution in [1.29, 1.82) is 0 Å². The predicted molar refractivity (Wildman–Crippen MR) is 71.6 cm³/mol. The Morgan fingerprint density at radius 1 is 1.55 bits per heavy atom. The molecule has 0 radical (unpaired) electrons. The minimum atomic E-state index is -1.07. The molecule has 0 spiro atoms. The molecule has 1 N–H and O–H groups in total. The molecule has 2 heterocycles. The van der Waals surface area contributed by atoms with E-state index in [1.54, 1.807) is 6.92 Å². The number of carbonyl (C=O) groups is 2. The number of carboxylic acids is 1. The van der Waals surface area contributed by atoms with Crippen molar-refractivity contribution in [3.63, 3.8) is 0 Å². The van der Waals surface area contributed by atoms with Gasteiger partial charge in [0.15, 0.2) is 0 Å². The first kappa shape index (κ1) is 14.4. The van der Waals surface area contributed by atoms with Gasteiger partial charge in [0.2, 0.25) is 0 Å². The molecule has 1 amide bonds. The SMILES string of the molecule is CC1SCC(C(=O)O)N1C(=O)c1cc([N+](=O)[O-])cn1C. The number of nitro groups is 1. The Kier molecular flexibility index (Phi) is 3.71. The Morgan fingerprint density at radius 2 is 2.20 bits per heavy atom. The Labute approximate surface area is 118 Å². The van der Waals surface area contributed by atoms with Crippen LogP contribution >= 0.6 is 11.8 Å². The quantitative estimate of drug-likeness (QED) is 0.657. The molecule has 20 heavy (non-hydrogen) atoms. The van der Waals surface area contributed by atoms with Crippen LogP contribution in [0.5, 0.6) is 0 Å². The summed E-state index contributed by atoms with van der Waals surface area (Å²) in [5, 5.41) is 19.6. The van der Waals surface area contributed by atoms with Gasteiger partial charge in [-0.1, -0.05) is 0 Å². The highest BCUT2D eigenvalue weighted by Crippen LogP contribution is 2.31. The Bertz CT molecular complexity index is 585. The lowest BCUT2D eigenvalue weighted by Gasteiger charge is -2.24. The number of thioether (sulfide) groups is 1. The highest BCUT2D eigenvalue weighted by Gasteiger charge is 2.40. The van der Waals surface area contributed by atoms with Crippen LogP contribution in [0.1, 0.15) is 17.4 Å². The first-order chi connectivity index (χ1) is 9.32. The number of rotatable bonds is 3. The van der Waals surface area contributed by atoms with Crippen LogP contribution in [-0.2, 0) is 11.8 Å². The smallest absolute Gasteiger partial charge is 0.327 e. The first-order valence-electron chi connectivity index (χ1n) is 5.80. The molecule has 1 fully saturated rings. The van der Waals surface area contributed by atoms with Crippen molar-refractivity contribution < 1.29 is 19.6 Å². The molecule has 0 aromatic carbocycles. The molecule has 108 valence electrons. The molecule has 0 bridgehead atoms. The number of hydrogen-bond donors (Lipinski definition) is 1. The van der Waals surface area contributed by atoms with Gasteiger partial charge in [0, 0.05) is 18.9 Å². The molecule has 1 aliphatic heterocycles. The summed E-state index contributed by atoms with van der Waals surface area (Å²) in [6, 6.07) is 0.258. The molecule has 1 aromatic rings. The second kappa shape index (κ2) is 5.16. The number of aryl methyl sites for hydroxylation is 1. The van der Waals surface area contributed by atoms with Gasteiger partial charge in [-0.05, 0) is 6.92 Å². The van der Waals surface area contributed by atoms with E-state index in [1.165, 1.54) is 34.5 Å². The summed E-state index contributed by atoms with van der Waals surface area (Å²) in [6.07, 6.45) is 1.23. The molecule has 8 nitrogen and oxygen atoms in total. The van der Waals surface area contributed by atoms with E-state index in [0.29, 0.717) is 5.75 Å². The Hall–Kier alpha value is -2.03. The summed E-state index contributed by atoms with van der Waals surface area (Å²) < 4.78 is 1.34. The van der Waals surface area contributed by atoms with Crippen LogP contribution in [0.15, 0.2) is 12.3 Å². The topological polar surface area (TPSA) is 106 Å². The van der Waals surface area contributed by atoms with E-state index < -0.39 is 22.8 Å². The average molecular weight is 299 g/mol. The molecule has 0 saturated carbocycles. The highest BCUT2D eigenvalue weighted by molar-refractivity contribution is 8.00. The number of aliphatic carboxylic acids is 1. The molecular formula is C11H13N3O5S. The van der Waals surface area contributed by atoms with E-state index in [1.807, 2.05) is 0 Å². The number of carbonyl (C=O) groups excluding carboxylic acids is 1. The van der Waals surface area contributed by atoms with Crippen LogP contribution in [-0.4, -0.2) is 48.5 Å². The number of hydrogen-bond acceptors (Lipinski definition) is 5. The first-order valence-corrected chi connectivity index (χ1v) is 6.85. The van der Waals surface area contributed by atoms with Crippen molar-refractivity contribution in [3.05, 3.63) is 28.1 Å². The van der Waals surface area contributed by atoms with Gasteiger partial charge in [-0.3, -0.25) is 14.9 Å². The van der Waals surface area contributed by atoms with Crippen LogP contribution in [0.25, 0.3) is 0 Å². The van der Waals surface area contributed by atoms with Crippen LogP contribution < -0.4 is 0 Å². The third-order valence-electron chi connectivity index (χ3n) is 3.16. The van der Waals surface area contributed by atoms with E-state index in [4.69, 9.17) is 5.11 Å². The second-order valence-electron chi connectivity index (χ2n) is 4.45. The summed E-state index contributed by atoms with van der Waals surface area (Å²) in [4.78, 5) is 35.0. The standard InChI is InChI=1S/C11H13N3O5S/c1-6-13(9(5-20-6)11(16)17)10(15)8-3-7(14(18)19)4-12(8)2/h3-4,6,9H,5H2,1-2H3,(H,16,17). The van der Waals surface area contributed by atoms with E-state index in [0.717, 1.165) is 6.07 Å². The zero-order chi connectivity index (χ0) is 15.0. The van der Waals surface area contributed by atoms with Gasteiger partial charge in [-0.25, -0.2) is 4.79 Å². The molecule has 9 heteroatoms. The van der Waals surface area contributed by atoms with Crippen molar-refractivity contribution >= 4 is 29.3 Å². The average Bonchev–Trinajstić information content (AvgIpc) is 2.92. The summed E-state index contributed by atoms with van der Waals surface area (Å²) in [7, 11) is 1.52. The maximum atomic E-state index is 12.4. The minimum Gasteiger partial charge on any atom is -0.480 e. The summed E-state index contributed by atoms with van der Waals surface area (Å²) >= 11 is 1.36. The van der Waals surface area contributed by atoms with Gasteiger partial charge in [0.1, 0.15) is 11.7 Å². The third-order valence-corrected chi connectivity index (χ3v) is 4.38. The monoisotopic (exact) mass is 299 g/mol. The van der Waals surface area contributed by atoms with Crippen LogP contribution in [0, 0.1) is 10.1 Å². The molecule has 1 saturated heterocycles. The molecule has 0 aliphatic carbocycles. The van der Waals surface area contributed by atoms with Crippen molar-refractivity contribution in [2.24, 2.45) is 7.05 Å². The molecule has 2 atom stereocenters. The fourth-order valence-electron chi connectivity index (χ4n) is 2.13. The Morgan fingerprint density at radius 3 is 2.70 bits per heavy atom. The highest BCUT2D eigenvalue weighted by atomic mass is 32.2. The zero-order valence-electron chi connectivity index (χ0n) is 10.8. The van der Waals surface area contributed by atoms with Crippen LogP contribution in [0.3, 0.4) is 0 Å². The van der Waals surface area contributed by atoms with E-state index in [-0.39, 0.29) is 16.8 Å². The third kappa shape index (κ3) is 2.36. The number of nitrogens with zero attached hydrogens (tertiary/aromatic N) is 3. The van der Waals surface area contributed by atoms with Gasteiger partial charge in [0.25, 0.3) is 11.6 Å². The molecule has 2 unspecified atom stereocenters. The zero-order valence-corrected chi connectivity index (χ0v) is 11.7. The van der Waals surface area contributed by atoms with Crippen molar-refractivity contribution in [1.82, 2.24) is 9.47 Å². The maximum absolute atomic E-state index is 12.4. The van der Waals surface area contributed by atoms with Crippen LogP contribution in [0.4, 0.5) is 5.69 Å². The lowest BCUT2D eigenvalue weighted by Crippen LogP contribution is -2.45. The predicted octanol–water partition coefficient (Wildman–Crippen LogP) is 0.921. The fraction of sp³-hybridized carbons (Fsp3) is 0.455. The summed E-state index contributed by atoms with van der Waals surface area (Å²) in [5.41, 5.74) is -0.0838. The number of aromatic nitrogens is 1. The summed E-state index contributed by atoms with van der Waals surface area (Å²) in [6.45, 7) is 1.74. The van der Waals surface area contributed by atoms with Gasteiger partial charge in [0.05, 0.1) is 16.5 Å². The number of carboxylic acid groups (broad SMARTS) is 1. The normalized spacial score (nSPS) is 22.0. The minimum absolute atomic E-state index is 0.109. The molecule has 1 aromatic heterocycles.